The van der Waals surface area contributed by atoms with Crippen LogP contribution in [0.2, 0.25) is 0 Å². The number of likely N-dealkylation sites (tertiary alicyclic amines) is 1. The summed E-state index contributed by atoms with van der Waals surface area (Å²) in [5, 5.41) is 8.58. The molecular formula is C7H13ClN2O3. The first-order valence-electron chi connectivity index (χ1n) is 3.99. The molecule has 2 aliphatic heterocycles. The van der Waals surface area contributed by atoms with Gasteiger partial charge in [-0.05, 0) is 6.42 Å². The number of nitrogens with two attached hydrogens (primary N) is 1. The molecule has 2 rings (SSSR count). The first kappa shape index (κ1) is 10.6. The Morgan fingerprint density at radius 2 is 2.23 bits per heavy atom. The van der Waals surface area contributed by atoms with Gasteiger partial charge in [0.25, 0.3) is 0 Å². The van der Waals surface area contributed by atoms with Gasteiger partial charge in [0.2, 0.25) is 0 Å². The fourth-order valence-corrected chi connectivity index (χ4v) is 1.88. The van der Waals surface area contributed by atoms with E-state index in [1.165, 1.54) is 4.90 Å². The molecule has 0 bridgehead atoms. The first-order chi connectivity index (χ1) is 5.61. The molecule has 6 heteroatoms. The number of carbonyl (C=O) groups is 1. The number of hydrogen-bond donors (Lipinski definition) is 2. The summed E-state index contributed by atoms with van der Waals surface area (Å²) in [6.45, 7) is 1.53. The molecule has 1 unspecified atom stereocenters. The van der Waals surface area contributed by atoms with Crippen molar-refractivity contribution in [1.29, 1.82) is 0 Å². The molecule has 76 valence electrons. The van der Waals surface area contributed by atoms with Crippen molar-refractivity contribution in [1.82, 2.24) is 4.90 Å². The lowest BCUT2D eigenvalue weighted by Crippen LogP contribution is -2.63. The van der Waals surface area contributed by atoms with Gasteiger partial charge in [-0.25, -0.2) is 4.79 Å². The third-order valence-electron chi connectivity index (χ3n) is 2.47. The number of rotatable bonds is 0. The summed E-state index contributed by atoms with van der Waals surface area (Å²) in [5.74, 6) is 0. The summed E-state index contributed by atoms with van der Waals surface area (Å²) in [6.07, 6.45) is -0.0822. The van der Waals surface area contributed by atoms with Crippen LogP contribution < -0.4 is 5.73 Å². The second kappa shape index (κ2) is 3.32. The van der Waals surface area contributed by atoms with Crippen molar-refractivity contribution in [2.75, 3.05) is 19.7 Å². The molecule has 3 N–H and O–H groups in total. The quantitative estimate of drug-likeness (QED) is 0.583. The van der Waals surface area contributed by atoms with Crippen LogP contribution in [-0.2, 0) is 4.74 Å². The minimum atomic E-state index is -0.871. The Balaban J connectivity index is 0.000000845. The summed E-state index contributed by atoms with van der Waals surface area (Å²) in [4.78, 5) is 11.8. The van der Waals surface area contributed by atoms with Gasteiger partial charge in [0.15, 0.2) is 0 Å². The maximum atomic E-state index is 10.4. The largest absolute Gasteiger partial charge is 0.465 e. The molecule has 1 spiro atoms. The van der Waals surface area contributed by atoms with Crippen LogP contribution in [0.5, 0.6) is 0 Å². The molecule has 1 amide bonds. The van der Waals surface area contributed by atoms with Crippen LogP contribution in [0.25, 0.3) is 0 Å². The Morgan fingerprint density at radius 3 is 2.62 bits per heavy atom. The molecule has 1 atom stereocenters. The van der Waals surface area contributed by atoms with Crippen LogP contribution in [0.4, 0.5) is 4.79 Å². The molecule has 2 heterocycles. The van der Waals surface area contributed by atoms with Crippen LogP contribution >= 0.6 is 12.4 Å². The van der Waals surface area contributed by atoms with E-state index in [9.17, 15) is 4.79 Å². The molecular weight excluding hydrogens is 196 g/mol. The van der Waals surface area contributed by atoms with Gasteiger partial charge in [-0.1, -0.05) is 0 Å². The van der Waals surface area contributed by atoms with Gasteiger partial charge in [-0.3, -0.25) is 0 Å². The Bertz CT molecular complexity index is 218. The highest BCUT2D eigenvalue weighted by molar-refractivity contribution is 5.85. The van der Waals surface area contributed by atoms with Crippen molar-refractivity contribution in [2.45, 2.75) is 18.1 Å². The predicted octanol–water partition coefficient (Wildman–Crippen LogP) is -0.112. The Morgan fingerprint density at radius 1 is 1.62 bits per heavy atom. The van der Waals surface area contributed by atoms with Crippen molar-refractivity contribution in [3.63, 3.8) is 0 Å². The van der Waals surface area contributed by atoms with E-state index in [1.807, 2.05) is 0 Å². The molecule has 2 fully saturated rings. The fourth-order valence-electron chi connectivity index (χ4n) is 1.88. The average molecular weight is 209 g/mol. The summed E-state index contributed by atoms with van der Waals surface area (Å²) in [7, 11) is 0. The highest BCUT2D eigenvalue weighted by Crippen LogP contribution is 2.34. The summed E-state index contributed by atoms with van der Waals surface area (Å²) in [5.41, 5.74) is 5.41. The van der Waals surface area contributed by atoms with E-state index in [2.05, 4.69) is 0 Å². The number of ether oxygens (including phenoxy) is 1. The van der Waals surface area contributed by atoms with Crippen molar-refractivity contribution >= 4 is 18.5 Å². The van der Waals surface area contributed by atoms with Crippen LogP contribution in [0.15, 0.2) is 0 Å². The minimum Gasteiger partial charge on any atom is -0.465 e. The smallest absolute Gasteiger partial charge is 0.407 e. The van der Waals surface area contributed by atoms with E-state index >= 15 is 0 Å². The van der Waals surface area contributed by atoms with Gasteiger partial charge in [-0.15, -0.1) is 12.4 Å². The standard InChI is InChI=1S/C7H12N2O3.ClH/c8-5-1-7(12-2-5)3-9(4-7)6(10)11;/h5H,1-4,8H2,(H,10,11);1H. The van der Waals surface area contributed by atoms with Crippen molar-refractivity contribution in [3.8, 4) is 0 Å². The van der Waals surface area contributed by atoms with Crippen molar-refractivity contribution in [2.24, 2.45) is 5.73 Å². The van der Waals surface area contributed by atoms with Crippen molar-refractivity contribution < 1.29 is 14.6 Å². The third-order valence-corrected chi connectivity index (χ3v) is 2.47. The van der Waals surface area contributed by atoms with Gasteiger partial charge < -0.3 is 20.5 Å². The monoisotopic (exact) mass is 208 g/mol. The number of carboxylic acid groups (broad SMARTS) is 1. The second-order valence-corrected chi connectivity index (χ2v) is 3.60. The van der Waals surface area contributed by atoms with Crippen LogP contribution in [0, 0.1) is 0 Å². The lowest BCUT2D eigenvalue weighted by Gasteiger charge is -2.45. The summed E-state index contributed by atoms with van der Waals surface area (Å²) >= 11 is 0. The lowest BCUT2D eigenvalue weighted by atomic mass is 9.90. The van der Waals surface area contributed by atoms with Gasteiger partial charge in [0, 0.05) is 6.04 Å². The number of amides is 1. The molecule has 5 nitrogen and oxygen atoms in total. The Labute approximate surface area is 82.2 Å². The third kappa shape index (κ3) is 1.72. The molecule has 0 saturated carbocycles. The number of halogens is 1. The second-order valence-electron chi connectivity index (χ2n) is 3.60. The first-order valence-corrected chi connectivity index (χ1v) is 3.99. The van der Waals surface area contributed by atoms with E-state index in [-0.39, 0.29) is 24.0 Å². The molecule has 0 aliphatic carbocycles. The Hall–Kier alpha value is -0.520. The van der Waals surface area contributed by atoms with Crippen LogP contribution in [-0.4, -0.2) is 47.4 Å². The molecule has 2 saturated heterocycles. The van der Waals surface area contributed by atoms with Crippen LogP contribution in [0.1, 0.15) is 6.42 Å². The minimum absolute atomic E-state index is 0. The molecule has 0 aromatic carbocycles. The van der Waals surface area contributed by atoms with E-state index < -0.39 is 6.09 Å². The van der Waals surface area contributed by atoms with E-state index in [4.69, 9.17) is 15.6 Å². The maximum Gasteiger partial charge on any atom is 0.407 e. The highest BCUT2D eigenvalue weighted by atomic mass is 35.5. The molecule has 0 aromatic rings. The average Bonchev–Trinajstić information content (AvgIpc) is 2.27. The molecule has 2 aliphatic rings. The molecule has 0 radical (unpaired) electrons. The predicted molar refractivity (Wildman–Crippen MR) is 48.1 cm³/mol. The zero-order chi connectivity index (χ0) is 8.77. The van der Waals surface area contributed by atoms with Gasteiger partial charge in [-0.2, -0.15) is 0 Å². The van der Waals surface area contributed by atoms with Crippen molar-refractivity contribution in [3.05, 3.63) is 0 Å². The van der Waals surface area contributed by atoms with E-state index in [0.717, 1.165) is 6.42 Å². The fraction of sp³-hybridized carbons (Fsp3) is 0.857. The van der Waals surface area contributed by atoms with Gasteiger partial charge >= 0.3 is 6.09 Å². The highest BCUT2D eigenvalue weighted by Gasteiger charge is 2.50. The maximum absolute atomic E-state index is 10.4. The van der Waals surface area contributed by atoms with E-state index in [1.54, 1.807) is 0 Å². The summed E-state index contributed by atoms with van der Waals surface area (Å²) in [6, 6.07) is 0.0842. The molecule has 13 heavy (non-hydrogen) atoms. The van der Waals surface area contributed by atoms with Gasteiger partial charge in [0.05, 0.1) is 19.7 Å². The molecule has 0 aromatic heterocycles. The zero-order valence-electron chi connectivity index (χ0n) is 7.10. The van der Waals surface area contributed by atoms with Gasteiger partial charge in [0.1, 0.15) is 5.60 Å². The lowest BCUT2D eigenvalue weighted by molar-refractivity contribution is -0.0981. The normalized spacial score (nSPS) is 29.6. The Kier molecular flexibility index (Phi) is 2.70. The zero-order valence-corrected chi connectivity index (χ0v) is 7.92. The SMILES string of the molecule is Cl.NC1COC2(C1)CN(C(=O)O)C2. The van der Waals surface area contributed by atoms with Crippen LogP contribution in [0.3, 0.4) is 0 Å². The number of nitrogens with zero attached hydrogens (tertiary/aromatic N) is 1. The van der Waals surface area contributed by atoms with E-state index in [0.29, 0.717) is 19.7 Å². The number of hydrogen-bond acceptors (Lipinski definition) is 3. The topological polar surface area (TPSA) is 75.8 Å². The summed E-state index contributed by atoms with van der Waals surface area (Å²) < 4.78 is 5.44.